The molecular formula is C7H15IMg. The predicted octanol–water partition coefficient (Wildman–Crippen LogP) is -0.730. The second kappa shape index (κ2) is 12.2. The molecular weight excluding hydrogens is 235 g/mol. The van der Waals surface area contributed by atoms with Gasteiger partial charge >= 0.3 is 23.1 Å². The first-order valence-electron chi connectivity index (χ1n) is 3.06. The van der Waals surface area contributed by atoms with Crippen LogP contribution < -0.4 is 24.0 Å². The first-order valence-corrected chi connectivity index (χ1v) is 3.06. The molecule has 0 radical (unpaired) electrons. The van der Waals surface area contributed by atoms with E-state index in [1.54, 1.807) is 0 Å². The van der Waals surface area contributed by atoms with Gasteiger partial charge in [-0.1, -0.05) is 26.7 Å². The molecule has 0 aromatic heterocycles. The van der Waals surface area contributed by atoms with Crippen LogP contribution in [0, 0.1) is 12.8 Å². The SMILES string of the molecule is [CH2-]CCCC(C)C.[I-].[Mg+2]. The van der Waals surface area contributed by atoms with Crippen LogP contribution >= 0.6 is 0 Å². The van der Waals surface area contributed by atoms with Gasteiger partial charge in [-0.25, -0.2) is 0 Å². The molecule has 52 valence electrons. The van der Waals surface area contributed by atoms with Crippen molar-refractivity contribution in [2.24, 2.45) is 5.92 Å². The van der Waals surface area contributed by atoms with Crippen molar-refractivity contribution in [2.45, 2.75) is 33.1 Å². The van der Waals surface area contributed by atoms with Crippen molar-refractivity contribution in [3.8, 4) is 0 Å². The third kappa shape index (κ3) is 17.7. The van der Waals surface area contributed by atoms with Crippen LogP contribution in [0.15, 0.2) is 0 Å². The van der Waals surface area contributed by atoms with Gasteiger partial charge in [0.05, 0.1) is 0 Å². The second-order valence-electron chi connectivity index (χ2n) is 2.39. The minimum Gasteiger partial charge on any atom is -1.00 e. The van der Waals surface area contributed by atoms with Gasteiger partial charge in [0.25, 0.3) is 0 Å². The van der Waals surface area contributed by atoms with Crippen LogP contribution in [0.25, 0.3) is 0 Å². The molecule has 0 nitrogen and oxygen atoms in total. The van der Waals surface area contributed by atoms with Gasteiger partial charge in [-0.2, -0.15) is 6.42 Å². The molecule has 0 aliphatic rings. The van der Waals surface area contributed by atoms with E-state index in [1.165, 1.54) is 12.8 Å². The minimum absolute atomic E-state index is 0. The molecule has 0 aliphatic carbocycles. The van der Waals surface area contributed by atoms with E-state index in [2.05, 4.69) is 20.8 Å². The van der Waals surface area contributed by atoms with Crippen LogP contribution in [-0.2, 0) is 0 Å². The second-order valence-corrected chi connectivity index (χ2v) is 2.39. The standard InChI is InChI=1S/C7H15.HI.Mg/c1-4-5-6-7(2)3;;/h7H,1,4-6H2,2-3H3;1H;/q-1;;+2/p-1. The maximum Gasteiger partial charge on any atom is 2.00 e. The molecule has 0 saturated heterocycles. The van der Waals surface area contributed by atoms with E-state index in [4.69, 9.17) is 0 Å². The summed E-state index contributed by atoms with van der Waals surface area (Å²) in [5.41, 5.74) is 0. The number of hydrogen-bond donors (Lipinski definition) is 0. The Labute approximate surface area is 92.3 Å². The molecule has 0 atom stereocenters. The number of unbranched alkanes of at least 4 members (excludes halogenated alkanes) is 1. The van der Waals surface area contributed by atoms with Gasteiger partial charge < -0.3 is 30.9 Å². The molecule has 0 aromatic rings. The van der Waals surface area contributed by atoms with Gasteiger partial charge in [0.15, 0.2) is 0 Å². The van der Waals surface area contributed by atoms with Crippen molar-refractivity contribution in [3.63, 3.8) is 0 Å². The Balaban J connectivity index is -0.000000180. The molecule has 0 rings (SSSR count). The first kappa shape index (κ1) is 16.8. The van der Waals surface area contributed by atoms with Crippen LogP contribution in [-0.4, -0.2) is 23.1 Å². The summed E-state index contributed by atoms with van der Waals surface area (Å²) >= 11 is 0. The molecule has 9 heavy (non-hydrogen) atoms. The van der Waals surface area contributed by atoms with Crippen molar-refractivity contribution in [1.82, 2.24) is 0 Å². The van der Waals surface area contributed by atoms with E-state index < -0.39 is 0 Å². The van der Waals surface area contributed by atoms with E-state index in [-0.39, 0.29) is 47.0 Å². The smallest absolute Gasteiger partial charge is 1.00 e. The van der Waals surface area contributed by atoms with Crippen molar-refractivity contribution >= 4 is 23.1 Å². The molecule has 0 saturated carbocycles. The van der Waals surface area contributed by atoms with Gasteiger partial charge in [0.1, 0.15) is 0 Å². The summed E-state index contributed by atoms with van der Waals surface area (Å²) in [6, 6.07) is 0. The zero-order valence-electron chi connectivity index (χ0n) is 6.49. The number of hydrogen-bond acceptors (Lipinski definition) is 0. The molecule has 0 bridgehead atoms. The van der Waals surface area contributed by atoms with Crippen molar-refractivity contribution in [1.29, 1.82) is 0 Å². The van der Waals surface area contributed by atoms with Gasteiger partial charge in [0, 0.05) is 0 Å². The first-order chi connectivity index (χ1) is 3.27. The summed E-state index contributed by atoms with van der Waals surface area (Å²) in [5, 5.41) is 0. The fourth-order valence-electron chi connectivity index (χ4n) is 0.553. The third-order valence-electron chi connectivity index (χ3n) is 1.03. The Hall–Kier alpha value is 1.50. The summed E-state index contributed by atoms with van der Waals surface area (Å²) in [5.74, 6) is 0.863. The van der Waals surface area contributed by atoms with Crippen molar-refractivity contribution < 1.29 is 24.0 Å². The van der Waals surface area contributed by atoms with Crippen molar-refractivity contribution in [2.75, 3.05) is 0 Å². The summed E-state index contributed by atoms with van der Waals surface area (Å²) in [7, 11) is 0. The van der Waals surface area contributed by atoms with Crippen LogP contribution in [0.2, 0.25) is 0 Å². The van der Waals surface area contributed by atoms with Gasteiger partial charge in [0.2, 0.25) is 0 Å². The Morgan fingerprint density at radius 2 is 1.78 bits per heavy atom. The number of rotatable bonds is 3. The monoisotopic (exact) mass is 250 g/mol. The molecule has 0 amide bonds. The molecule has 0 heterocycles. The van der Waals surface area contributed by atoms with E-state index >= 15 is 0 Å². The Morgan fingerprint density at radius 1 is 1.33 bits per heavy atom. The maximum atomic E-state index is 3.76. The zero-order valence-corrected chi connectivity index (χ0v) is 10.1. The molecule has 2 heteroatoms. The average Bonchev–Trinajstić information content (AvgIpc) is 1.61. The minimum atomic E-state index is 0. The third-order valence-corrected chi connectivity index (χ3v) is 1.03. The fourth-order valence-corrected chi connectivity index (χ4v) is 0.553. The Bertz CT molecular complexity index is 37.9. The van der Waals surface area contributed by atoms with Crippen LogP contribution in [0.3, 0.4) is 0 Å². The van der Waals surface area contributed by atoms with E-state index in [0.29, 0.717) is 0 Å². The summed E-state index contributed by atoms with van der Waals surface area (Å²) in [6.45, 7) is 8.25. The topological polar surface area (TPSA) is 0 Å². The fraction of sp³-hybridized carbons (Fsp3) is 0.857. The van der Waals surface area contributed by atoms with E-state index in [9.17, 15) is 0 Å². The molecule has 0 spiro atoms. The molecule has 0 fully saturated rings. The Morgan fingerprint density at radius 3 is 1.89 bits per heavy atom. The average molecular weight is 250 g/mol. The zero-order chi connectivity index (χ0) is 5.70. The van der Waals surface area contributed by atoms with Crippen LogP contribution in [0.4, 0.5) is 0 Å². The van der Waals surface area contributed by atoms with E-state index in [0.717, 1.165) is 12.3 Å². The van der Waals surface area contributed by atoms with Gasteiger partial charge in [-0.3, -0.25) is 0 Å². The van der Waals surface area contributed by atoms with Crippen LogP contribution in [0.5, 0.6) is 0 Å². The normalized spacial score (nSPS) is 8.00. The van der Waals surface area contributed by atoms with E-state index in [1.807, 2.05) is 0 Å². The Kier molecular flexibility index (Phi) is 22.8. The summed E-state index contributed by atoms with van der Waals surface area (Å²) < 4.78 is 0. The predicted molar refractivity (Wildman–Crippen MR) is 39.8 cm³/mol. The van der Waals surface area contributed by atoms with Crippen molar-refractivity contribution in [3.05, 3.63) is 6.92 Å². The molecule has 0 unspecified atom stereocenters. The molecule has 0 aliphatic heterocycles. The summed E-state index contributed by atoms with van der Waals surface area (Å²) in [6.07, 6.45) is 3.72. The summed E-state index contributed by atoms with van der Waals surface area (Å²) in [4.78, 5) is 0. The van der Waals surface area contributed by atoms with Gasteiger partial charge in [-0.15, -0.1) is 0 Å². The van der Waals surface area contributed by atoms with Gasteiger partial charge in [-0.05, 0) is 5.92 Å². The quantitative estimate of drug-likeness (QED) is 0.352. The largest absolute Gasteiger partial charge is 2.00 e. The number of halogens is 1. The molecule has 0 aromatic carbocycles. The van der Waals surface area contributed by atoms with Crippen LogP contribution in [0.1, 0.15) is 33.1 Å². The molecule has 0 N–H and O–H groups in total. The maximum absolute atomic E-state index is 3.76.